The van der Waals surface area contributed by atoms with Gasteiger partial charge in [0.2, 0.25) is 0 Å². The van der Waals surface area contributed by atoms with E-state index in [2.05, 4.69) is 0 Å². The monoisotopic (exact) mass is 494 g/mol. The van der Waals surface area contributed by atoms with Gasteiger partial charge < -0.3 is 19.7 Å². The maximum atomic E-state index is 10.6. The smallest absolute Gasteiger partial charge is 0.128 e. The molecule has 6 nitrogen and oxygen atoms in total. The van der Waals surface area contributed by atoms with E-state index in [0.717, 1.165) is 11.1 Å². The first-order chi connectivity index (χ1) is 18.1. The quantitative estimate of drug-likeness (QED) is 0.213. The molecule has 6 heteroatoms. The number of phenolic OH excluding ortho intramolecular Hbond substituents is 2. The molecule has 0 unspecified atom stereocenters. The van der Waals surface area contributed by atoms with Gasteiger partial charge in [-0.1, -0.05) is 60.7 Å². The Labute approximate surface area is 217 Å². The predicted molar refractivity (Wildman–Crippen MR) is 148 cm³/mol. The van der Waals surface area contributed by atoms with Crippen molar-refractivity contribution in [1.82, 2.24) is 0 Å². The van der Waals surface area contributed by atoms with Crippen LogP contribution in [0.5, 0.6) is 23.0 Å². The Kier molecular flexibility index (Phi) is 8.55. The van der Waals surface area contributed by atoms with Crippen molar-refractivity contribution in [3.63, 3.8) is 0 Å². The first-order valence-corrected chi connectivity index (χ1v) is 12.0. The molecule has 4 aromatic carbocycles. The molecule has 0 aliphatic heterocycles. The molecule has 0 aromatic heterocycles. The SMILES string of the molecule is COc1ccc(C(=NCCCN=C(c2ccccc2)c2ccc(OC)cc2O)c2ccccc2)c(O)c1. The van der Waals surface area contributed by atoms with Crippen LogP contribution in [0.2, 0.25) is 0 Å². The second kappa shape index (κ2) is 12.4. The lowest BCUT2D eigenvalue weighted by atomic mass is 10.0. The highest BCUT2D eigenvalue weighted by atomic mass is 16.5. The van der Waals surface area contributed by atoms with Crippen LogP contribution in [0.15, 0.2) is 107 Å². The molecule has 4 aromatic rings. The van der Waals surface area contributed by atoms with E-state index in [4.69, 9.17) is 19.5 Å². The van der Waals surface area contributed by atoms with Crippen LogP contribution in [-0.2, 0) is 0 Å². The van der Waals surface area contributed by atoms with Gasteiger partial charge >= 0.3 is 0 Å². The Bertz CT molecular complexity index is 1280. The number of hydrogen-bond donors (Lipinski definition) is 2. The normalized spacial score (nSPS) is 11.8. The summed E-state index contributed by atoms with van der Waals surface area (Å²) in [5.41, 5.74) is 4.54. The van der Waals surface area contributed by atoms with Crippen molar-refractivity contribution < 1.29 is 19.7 Å². The van der Waals surface area contributed by atoms with Gasteiger partial charge in [0, 0.05) is 47.5 Å². The van der Waals surface area contributed by atoms with Gasteiger partial charge in [0.25, 0.3) is 0 Å². The van der Waals surface area contributed by atoms with Crippen molar-refractivity contribution in [3.05, 3.63) is 119 Å². The molecule has 37 heavy (non-hydrogen) atoms. The van der Waals surface area contributed by atoms with Gasteiger partial charge in [0.15, 0.2) is 0 Å². The number of nitrogens with zero attached hydrogens (tertiary/aromatic N) is 2. The van der Waals surface area contributed by atoms with E-state index in [1.807, 2.05) is 84.9 Å². The fourth-order valence-corrected chi connectivity index (χ4v) is 3.99. The third kappa shape index (κ3) is 6.35. The summed E-state index contributed by atoms with van der Waals surface area (Å²) in [5, 5.41) is 21.3. The average molecular weight is 495 g/mol. The lowest BCUT2D eigenvalue weighted by molar-refractivity contribution is 0.407. The van der Waals surface area contributed by atoms with E-state index in [0.29, 0.717) is 53.6 Å². The molecular weight excluding hydrogens is 464 g/mol. The molecule has 0 aliphatic carbocycles. The molecule has 4 rings (SSSR count). The van der Waals surface area contributed by atoms with Crippen molar-refractivity contribution in [2.45, 2.75) is 6.42 Å². The van der Waals surface area contributed by atoms with E-state index < -0.39 is 0 Å². The summed E-state index contributed by atoms with van der Waals surface area (Å²) in [6.45, 7) is 1.02. The number of phenols is 2. The zero-order chi connectivity index (χ0) is 26.0. The van der Waals surface area contributed by atoms with Crippen LogP contribution in [0.3, 0.4) is 0 Å². The maximum absolute atomic E-state index is 10.6. The van der Waals surface area contributed by atoms with Crippen molar-refractivity contribution in [1.29, 1.82) is 0 Å². The van der Waals surface area contributed by atoms with Gasteiger partial charge in [-0.3, -0.25) is 9.98 Å². The summed E-state index contributed by atoms with van der Waals surface area (Å²) in [4.78, 5) is 9.69. The number of aromatic hydroxyl groups is 2. The Balaban J connectivity index is 1.58. The van der Waals surface area contributed by atoms with Crippen molar-refractivity contribution in [2.75, 3.05) is 27.3 Å². The van der Waals surface area contributed by atoms with E-state index in [9.17, 15) is 10.2 Å². The zero-order valence-corrected chi connectivity index (χ0v) is 21.0. The molecular formula is C31H30N2O4. The number of benzene rings is 4. The van der Waals surface area contributed by atoms with E-state index >= 15 is 0 Å². The highest BCUT2D eigenvalue weighted by Gasteiger charge is 2.14. The Morgan fingerprint density at radius 3 is 1.35 bits per heavy atom. The molecule has 0 aliphatic rings. The summed E-state index contributed by atoms with van der Waals surface area (Å²) < 4.78 is 10.5. The van der Waals surface area contributed by atoms with E-state index in [1.165, 1.54) is 0 Å². The minimum atomic E-state index is 0.112. The van der Waals surface area contributed by atoms with Gasteiger partial charge in [0.1, 0.15) is 23.0 Å². The molecule has 0 saturated carbocycles. The summed E-state index contributed by atoms with van der Waals surface area (Å²) >= 11 is 0. The molecule has 2 N–H and O–H groups in total. The molecule has 0 fully saturated rings. The minimum Gasteiger partial charge on any atom is -0.507 e. The molecule has 0 bridgehead atoms. The first-order valence-electron chi connectivity index (χ1n) is 12.0. The number of hydrogen-bond acceptors (Lipinski definition) is 6. The van der Waals surface area contributed by atoms with Crippen molar-refractivity contribution in [2.24, 2.45) is 9.98 Å². The third-order valence-electron chi connectivity index (χ3n) is 5.87. The second-order valence-corrected chi connectivity index (χ2v) is 8.31. The highest BCUT2D eigenvalue weighted by Crippen LogP contribution is 2.27. The molecule has 0 saturated heterocycles. The third-order valence-corrected chi connectivity index (χ3v) is 5.87. The molecule has 0 atom stereocenters. The van der Waals surface area contributed by atoms with Crippen LogP contribution in [0.4, 0.5) is 0 Å². The molecule has 0 amide bonds. The van der Waals surface area contributed by atoms with Crippen molar-refractivity contribution >= 4 is 11.4 Å². The standard InChI is InChI=1S/C31H30N2O4/c1-36-24-14-16-26(28(34)20-24)30(22-10-5-3-6-11-22)32-18-9-19-33-31(23-12-7-4-8-13-23)27-17-15-25(37-2)21-29(27)35/h3-8,10-17,20-21,34-35H,9,18-19H2,1-2H3. The summed E-state index contributed by atoms with van der Waals surface area (Å²) in [6.07, 6.45) is 0.681. The topological polar surface area (TPSA) is 83.6 Å². The van der Waals surface area contributed by atoms with E-state index in [-0.39, 0.29) is 11.5 Å². The average Bonchev–Trinajstić information content (AvgIpc) is 2.94. The molecule has 188 valence electrons. The van der Waals surface area contributed by atoms with Gasteiger partial charge in [-0.05, 0) is 30.7 Å². The fraction of sp³-hybridized carbons (Fsp3) is 0.161. The van der Waals surface area contributed by atoms with Crippen LogP contribution < -0.4 is 9.47 Å². The lowest BCUT2D eigenvalue weighted by Crippen LogP contribution is -2.07. The van der Waals surface area contributed by atoms with E-state index in [1.54, 1.807) is 26.4 Å². The Morgan fingerprint density at radius 1 is 0.595 bits per heavy atom. The van der Waals surface area contributed by atoms with Crippen LogP contribution >= 0.6 is 0 Å². The number of ether oxygens (including phenoxy) is 2. The van der Waals surface area contributed by atoms with Crippen LogP contribution in [0.1, 0.15) is 28.7 Å². The molecule has 0 heterocycles. The Hall–Kier alpha value is -4.58. The zero-order valence-electron chi connectivity index (χ0n) is 21.0. The highest BCUT2D eigenvalue weighted by molar-refractivity contribution is 6.15. The summed E-state index contributed by atoms with van der Waals surface area (Å²) in [7, 11) is 3.13. The molecule has 0 radical (unpaired) electrons. The number of rotatable bonds is 10. The first kappa shape index (κ1) is 25.5. The number of methoxy groups -OCH3 is 2. The van der Waals surface area contributed by atoms with Crippen LogP contribution in [-0.4, -0.2) is 48.9 Å². The van der Waals surface area contributed by atoms with Gasteiger partial charge in [-0.15, -0.1) is 0 Å². The Morgan fingerprint density at radius 2 is 1.00 bits per heavy atom. The summed E-state index contributed by atoms with van der Waals surface area (Å²) in [5.74, 6) is 1.39. The minimum absolute atomic E-state index is 0.112. The molecule has 0 spiro atoms. The van der Waals surface area contributed by atoms with Crippen LogP contribution in [0.25, 0.3) is 0 Å². The van der Waals surface area contributed by atoms with Crippen molar-refractivity contribution in [3.8, 4) is 23.0 Å². The maximum Gasteiger partial charge on any atom is 0.128 e. The van der Waals surface area contributed by atoms with Crippen LogP contribution in [0, 0.1) is 0 Å². The fourth-order valence-electron chi connectivity index (χ4n) is 3.99. The van der Waals surface area contributed by atoms with Gasteiger partial charge in [-0.25, -0.2) is 0 Å². The van der Waals surface area contributed by atoms with Gasteiger partial charge in [-0.2, -0.15) is 0 Å². The van der Waals surface area contributed by atoms with Gasteiger partial charge in [0.05, 0.1) is 25.6 Å². The second-order valence-electron chi connectivity index (χ2n) is 8.31. The largest absolute Gasteiger partial charge is 0.507 e. The lowest BCUT2D eigenvalue weighted by Gasteiger charge is -2.12. The predicted octanol–water partition coefficient (Wildman–Crippen LogP) is 5.88. The summed E-state index contributed by atoms with van der Waals surface area (Å²) in [6, 6.07) is 30.0. The number of aliphatic imine (C=N–C) groups is 2.